The molecule has 1 atom stereocenters. The number of rotatable bonds is 3. The van der Waals surface area contributed by atoms with Crippen LogP contribution in [0.5, 0.6) is 0 Å². The Kier molecular flexibility index (Phi) is 2.94. The molecular formula is C13H14N4OS. The Balaban J connectivity index is 2.00. The summed E-state index contributed by atoms with van der Waals surface area (Å²) < 4.78 is 3.50. The minimum atomic E-state index is 0.0181. The fourth-order valence-corrected chi connectivity index (χ4v) is 2.98. The molecule has 0 bridgehead atoms. The smallest absolute Gasteiger partial charge is 0.262 e. The molecule has 0 N–H and O–H groups in total. The van der Waals surface area contributed by atoms with Crippen LogP contribution in [0, 0.1) is 6.92 Å². The zero-order valence-electron chi connectivity index (χ0n) is 10.8. The normalized spacial score (nSPS) is 12.9. The van der Waals surface area contributed by atoms with Gasteiger partial charge in [0.25, 0.3) is 5.56 Å². The third-order valence-corrected chi connectivity index (χ3v) is 4.04. The van der Waals surface area contributed by atoms with Gasteiger partial charge in [-0.05, 0) is 26.0 Å². The molecule has 0 radical (unpaired) electrons. The number of hydrogen-bond donors (Lipinski definition) is 0. The molecule has 6 heteroatoms. The third-order valence-electron chi connectivity index (χ3n) is 3.09. The molecule has 1 unspecified atom stereocenters. The van der Waals surface area contributed by atoms with Crippen molar-refractivity contribution in [3.05, 3.63) is 46.1 Å². The quantitative estimate of drug-likeness (QED) is 0.736. The van der Waals surface area contributed by atoms with Crippen molar-refractivity contribution in [2.75, 3.05) is 0 Å². The first-order chi connectivity index (χ1) is 9.15. The van der Waals surface area contributed by atoms with Gasteiger partial charge in [-0.25, -0.2) is 4.98 Å². The van der Waals surface area contributed by atoms with E-state index in [-0.39, 0.29) is 11.6 Å². The molecular weight excluding hydrogens is 260 g/mol. The van der Waals surface area contributed by atoms with E-state index in [1.165, 1.54) is 0 Å². The molecule has 3 heterocycles. The van der Waals surface area contributed by atoms with Gasteiger partial charge in [0, 0.05) is 17.3 Å². The Morgan fingerprint density at radius 2 is 2.32 bits per heavy atom. The topological polar surface area (TPSA) is 52.7 Å². The van der Waals surface area contributed by atoms with Gasteiger partial charge in [-0.1, -0.05) is 0 Å². The van der Waals surface area contributed by atoms with Gasteiger partial charge in [-0.2, -0.15) is 5.10 Å². The van der Waals surface area contributed by atoms with Gasteiger partial charge in [0.1, 0.15) is 4.83 Å². The van der Waals surface area contributed by atoms with Crippen molar-refractivity contribution in [2.24, 2.45) is 0 Å². The maximum absolute atomic E-state index is 12.4. The van der Waals surface area contributed by atoms with E-state index in [0.29, 0.717) is 11.9 Å². The third kappa shape index (κ3) is 2.19. The van der Waals surface area contributed by atoms with Gasteiger partial charge >= 0.3 is 0 Å². The second kappa shape index (κ2) is 4.62. The molecule has 0 aliphatic carbocycles. The average molecular weight is 274 g/mol. The van der Waals surface area contributed by atoms with Gasteiger partial charge in [-0.3, -0.25) is 14.0 Å². The predicted molar refractivity (Wildman–Crippen MR) is 75.6 cm³/mol. The van der Waals surface area contributed by atoms with E-state index >= 15 is 0 Å². The highest BCUT2D eigenvalue weighted by Crippen LogP contribution is 2.20. The van der Waals surface area contributed by atoms with Crippen molar-refractivity contribution >= 4 is 21.6 Å². The van der Waals surface area contributed by atoms with Gasteiger partial charge < -0.3 is 0 Å². The Bertz CT molecular complexity index is 757. The molecule has 3 rings (SSSR count). The van der Waals surface area contributed by atoms with Crippen LogP contribution in [0.1, 0.15) is 17.8 Å². The van der Waals surface area contributed by atoms with Crippen LogP contribution in [0.2, 0.25) is 0 Å². The second-order valence-corrected chi connectivity index (χ2v) is 5.84. The van der Waals surface area contributed by atoms with E-state index in [0.717, 1.165) is 9.71 Å². The molecule has 0 aromatic carbocycles. The lowest BCUT2D eigenvalue weighted by molar-refractivity contribution is 0.426. The fourth-order valence-electron chi connectivity index (χ4n) is 2.14. The first kappa shape index (κ1) is 12.1. The summed E-state index contributed by atoms with van der Waals surface area (Å²) >= 11 is 1.55. The summed E-state index contributed by atoms with van der Waals surface area (Å²) in [7, 11) is 0. The summed E-state index contributed by atoms with van der Waals surface area (Å²) in [6.07, 6.45) is 5.26. The summed E-state index contributed by atoms with van der Waals surface area (Å²) in [6.45, 7) is 4.64. The van der Waals surface area contributed by atoms with Gasteiger partial charge in [0.05, 0.1) is 24.3 Å². The second-order valence-electron chi connectivity index (χ2n) is 4.61. The van der Waals surface area contributed by atoms with Crippen molar-refractivity contribution in [3.8, 4) is 0 Å². The standard InChI is InChI=1S/C13H14N4OS/c1-9(7-16-5-3-4-15-16)17-8-14-12-11(13(17)18)6-10(2)19-12/h3-6,8-9H,7H2,1-2H3. The molecule has 0 aliphatic rings. The highest BCUT2D eigenvalue weighted by Gasteiger charge is 2.12. The van der Waals surface area contributed by atoms with Crippen LogP contribution in [-0.4, -0.2) is 19.3 Å². The summed E-state index contributed by atoms with van der Waals surface area (Å²) in [6, 6.07) is 3.80. The molecule has 3 aromatic heterocycles. The Hall–Kier alpha value is -1.95. The molecule has 0 saturated heterocycles. The van der Waals surface area contributed by atoms with E-state index < -0.39 is 0 Å². The summed E-state index contributed by atoms with van der Waals surface area (Å²) in [5, 5.41) is 4.87. The Morgan fingerprint density at radius 1 is 1.47 bits per heavy atom. The van der Waals surface area contributed by atoms with Crippen LogP contribution in [0.3, 0.4) is 0 Å². The van der Waals surface area contributed by atoms with Crippen LogP contribution in [-0.2, 0) is 6.54 Å². The average Bonchev–Trinajstić information content (AvgIpc) is 2.98. The molecule has 3 aromatic rings. The number of nitrogens with zero attached hydrogens (tertiary/aromatic N) is 4. The molecule has 98 valence electrons. The molecule has 0 fully saturated rings. The van der Waals surface area contributed by atoms with Gasteiger partial charge in [-0.15, -0.1) is 11.3 Å². The SMILES string of the molecule is Cc1cc2c(=O)n(C(C)Cn3cccn3)cnc2s1. The number of thiophene rings is 1. The summed E-state index contributed by atoms with van der Waals surface area (Å²) in [5.74, 6) is 0. The lowest BCUT2D eigenvalue weighted by Crippen LogP contribution is -2.26. The summed E-state index contributed by atoms with van der Waals surface area (Å²) in [4.78, 5) is 18.7. The van der Waals surface area contributed by atoms with Crippen LogP contribution in [0.15, 0.2) is 35.6 Å². The summed E-state index contributed by atoms with van der Waals surface area (Å²) in [5.41, 5.74) is 0.0222. The molecule has 0 amide bonds. The Labute approximate surface area is 114 Å². The zero-order chi connectivity index (χ0) is 13.4. The van der Waals surface area contributed by atoms with Crippen LogP contribution in [0.4, 0.5) is 0 Å². The number of fused-ring (bicyclic) bond motifs is 1. The highest BCUT2D eigenvalue weighted by molar-refractivity contribution is 7.18. The lowest BCUT2D eigenvalue weighted by atomic mass is 10.3. The zero-order valence-corrected chi connectivity index (χ0v) is 11.6. The molecule has 0 spiro atoms. The van der Waals surface area contributed by atoms with Crippen LogP contribution < -0.4 is 5.56 Å². The van der Waals surface area contributed by atoms with Crippen LogP contribution >= 0.6 is 11.3 Å². The van der Waals surface area contributed by atoms with Crippen molar-refractivity contribution in [2.45, 2.75) is 26.4 Å². The van der Waals surface area contributed by atoms with E-state index in [1.807, 2.05) is 36.9 Å². The first-order valence-electron chi connectivity index (χ1n) is 6.10. The van der Waals surface area contributed by atoms with E-state index in [9.17, 15) is 4.79 Å². The highest BCUT2D eigenvalue weighted by atomic mass is 32.1. The van der Waals surface area contributed by atoms with E-state index in [1.54, 1.807) is 28.4 Å². The van der Waals surface area contributed by atoms with Crippen molar-refractivity contribution in [1.82, 2.24) is 19.3 Å². The van der Waals surface area contributed by atoms with Crippen LogP contribution in [0.25, 0.3) is 10.2 Å². The fraction of sp³-hybridized carbons (Fsp3) is 0.308. The largest absolute Gasteiger partial charge is 0.294 e. The minimum absolute atomic E-state index is 0.0181. The maximum Gasteiger partial charge on any atom is 0.262 e. The predicted octanol–water partition coefficient (Wildman–Crippen LogP) is 2.22. The van der Waals surface area contributed by atoms with Gasteiger partial charge in [0.15, 0.2) is 0 Å². The van der Waals surface area contributed by atoms with Crippen molar-refractivity contribution in [1.29, 1.82) is 0 Å². The van der Waals surface area contributed by atoms with E-state index in [2.05, 4.69) is 10.1 Å². The molecule has 0 saturated carbocycles. The minimum Gasteiger partial charge on any atom is -0.294 e. The van der Waals surface area contributed by atoms with Crippen molar-refractivity contribution in [3.63, 3.8) is 0 Å². The monoisotopic (exact) mass is 274 g/mol. The maximum atomic E-state index is 12.4. The Morgan fingerprint density at radius 3 is 3.05 bits per heavy atom. The number of aryl methyl sites for hydroxylation is 1. The lowest BCUT2D eigenvalue weighted by Gasteiger charge is -2.14. The van der Waals surface area contributed by atoms with E-state index in [4.69, 9.17) is 0 Å². The van der Waals surface area contributed by atoms with Crippen molar-refractivity contribution < 1.29 is 0 Å². The molecule has 5 nitrogen and oxygen atoms in total. The molecule has 19 heavy (non-hydrogen) atoms. The number of aromatic nitrogens is 4. The molecule has 0 aliphatic heterocycles. The van der Waals surface area contributed by atoms with Gasteiger partial charge in [0.2, 0.25) is 0 Å². The number of hydrogen-bond acceptors (Lipinski definition) is 4. The first-order valence-corrected chi connectivity index (χ1v) is 6.91.